The number of halogens is 1. The van der Waals surface area contributed by atoms with E-state index in [2.05, 4.69) is 15.9 Å². The lowest BCUT2D eigenvalue weighted by molar-refractivity contribution is -0.122. The minimum atomic E-state index is -0.218. The van der Waals surface area contributed by atoms with Crippen LogP contribution in [0, 0.1) is 0 Å². The number of hydrogen-bond acceptors (Lipinski definition) is 5. The van der Waals surface area contributed by atoms with Crippen molar-refractivity contribution in [3.05, 3.63) is 98.9 Å². The molecule has 0 bridgehead atoms. The van der Waals surface area contributed by atoms with Crippen LogP contribution < -0.4 is 9.64 Å². The van der Waals surface area contributed by atoms with Crippen molar-refractivity contribution in [1.29, 1.82) is 0 Å². The zero-order valence-corrected chi connectivity index (χ0v) is 22.1. The molecule has 0 N–H and O–H groups in total. The number of anilines is 1. The van der Waals surface area contributed by atoms with E-state index in [1.807, 2.05) is 72.8 Å². The van der Waals surface area contributed by atoms with E-state index >= 15 is 0 Å². The van der Waals surface area contributed by atoms with Crippen molar-refractivity contribution in [3.8, 4) is 5.75 Å². The fourth-order valence-corrected chi connectivity index (χ4v) is 5.96. The van der Waals surface area contributed by atoms with Crippen LogP contribution in [0.4, 0.5) is 5.69 Å². The average molecular weight is 566 g/mol. The second-order valence-electron chi connectivity index (χ2n) is 8.17. The van der Waals surface area contributed by atoms with Crippen LogP contribution in [0.15, 0.2) is 82.2 Å². The maximum atomic E-state index is 13.7. The van der Waals surface area contributed by atoms with Gasteiger partial charge in [0.1, 0.15) is 10.1 Å². The molecule has 2 amide bonds. The van der Waals surface area contributed by atoms with Crippen LogP contribution in [-0.4, -0.2) is 34.7 Å². The first-order valence-corrected chi connectivity index (χ1v) is 13.0. The zero-order chi connectivity index (χ0) is 24.5. The molecule has 3 aromatic rings. The molecule has 1 fully saturated rings. The number of rotatable bonds is 6. The van der Waals surface area contributed by atoms with E-state index in [1.54, 1.807) is 16.9 Å². The van der Waals surface area contributed by atoms with E-state index in [0.717, 1.165) is 32.6 Å². The lowest BCUT2D eigenvalue weighted by atomic mass is 10.1. The second kappa shape index (κ2) is 9.97. The van der Waals surface area contributed by atoms with Gasteiger partial charge in [-0.05, 0) is 47.9 Å². The highest BCUT2D eigenvalue weighted by Gasteiger charge is 2.42. The monoisotopic (exact) mass is 564 g/mol. The van der Waals surface area contributed by atoms with Crippen molar-refractivity contribution >= 4 is 67.3 Å². The minimum Gasteiger partial charge on any atom is -0.497 e. The molecule has 2 aliphatic heterocycles. The van der Waals surface area contributed by atoms with E-state index in [9.17, 15) is 9.59 Å². The van der Waals surface area contributed by atoms with Crippen molar-refractivity contribution < 1.29 is 14.3 Å². The summed E-state index contributed by atoms with van der Waals surface area (Å²) in [6.45, 7) is 0.872. The lowest BCUT2D eigenvalue weighted by Gasteiger charge is -2.17. The highest BCUT2D eigenvalue weighted by Crippen LogP contribution is 2.46. The van der Waals surface area contributed by atoms with Crippen LogP contribution in [-0.2, 0) is 22.6 Å². The van der Waals surface area contributed by atoms with Crippen LogP contribution in [0.25, 0.3) is 5.57 Å². The van der Waals surface area contributed by atoms with Gasteiger partial charge in [-0.2, -0.15) is 0 Å². The van der Waals surface area contributed by atoms with Crippen molar-refractivity contribution in [3.63, 3.8) is 0 Å². The van der Waals surface area contributed by atoms with Gasteiger partial charge in [0.25, 0.3) is 11.8 Å². The largest absolute Gasteiger partial charge is 0.497 e. The van der Waals surface area contributed by atoms with Gasteiger partial charge in [-0.25, -0.2) is 0 Å². The highest BCUT2D eigenvalue weighted by molar-refractivity contribution is 9.10. The third-order valence-electron chi connectivity index (χ3n) is 6.02. The SMILES string of the molecule is COc1ccc(CCN2C(=O)/C(=C3/C(=O)N(Cc4ccccc4)c4ccc(Br)cc43)SC2=S)cc1. The summed E-state index contributed by atoms with van der Waals surface area (Å²) >= 11 is 10.3. The van der Waals surface area contributed by atoms with Gasteiger partial charge in [0, 0.05) is 16.6 Å². The minimum absolute atomic E-state index is 0.183. The Morgan fingerprint density at radius 3 is 2.37 bits per heavy atom. The molecule has 0 spiro atoms. The first-order valence-electron chi connectivity index (χ1n) is 11.0. The van der Waals surface area contributed by atoms with Crippen molar-refractivity contribution in [2.24, 2.45) is 0 Å². The van der Waals surface area contributed by atoms with Gasteiger partial charge in [-0.1, -0.05) is 82.4 Å². The Balaban J connectivity index is 1.44. The van der Waals surface area contributed by atoms with E-state index in [1.165, 1.54) is 11.8 Å². The van der Waals surface area contributed by atoms with Gasteiger partial charge in [0.2, 0.25) is 0 Å². The molecule has 0 saturated carbocycles. The van der Waals surface area contributed by atoms with Crippen LogP contribution in [0.2, 0.25) is 0 Å². The molecule has 2 heterocycles. The summed E-state index contributed by atoms with van der Waals surface area (Å²) in [6.07, 6.45) is 0.648. The summed E-state index contributed by atoms with van der Waals surface area (Å²) in [5.74, 6) is 0.385. The summed E-state index contributed by atoms with van der Waals surface area (Å²) in [5, 5.41) is 0. The van der Waals surface area contributed by atoms with Crippen LogP contribution in [0.3, 0.4) is 0 Å². The van der Waals surface area contributed by atoms with Crippen LogP contribution >= 0.6 is 39.9 Å². The Kier molecular flexibility index (Phi) is 6.77. The number of nitrogens with zero attached hydrogens (tertiary/aromatic N) is 2. The molecule has 176 valence electrons. The molecule has 5 rings (SSSR count). The number of methoxy groups -OCH3 is 1. The number of ether oxygens (including phenoxy) is 1. The summed E-state index contributed by atoms with van der Waals surface area (Å²) in [4.78, 5) is 30.9. The first kappa shape index (κ1) is 23.8. The summed E-state index contributed by atoms with van der Waals surface area (Å²) in [7, 11) is 1.63. The maximum Gasteiger partial charge on any atom is 0.267 e. The third kappa shape index (κ3) is 4.66. The summed E-state index contributed by atoms with van der Waals surface area (Å²) in [6, 6.07) is 23.3. The Bertz CT molecular complexity index is 1360. The predicted molar refractivity (Wildman–Crippen MR) is 147 cm³/mol. The fourth-order valence-electron chi connectivity index (χ4n) is 4.22. The van der Waals surface area contributed by atoms with Crippen molar-refractivity contribution in [2.75, 3.05) is 18.6 Å². The average Bonchev–Trinajstić information content (AvgIpc) is 3.29. The molecule has 0 aliphatic carbocycles. The Hall–Kier alpha value is -2.94. The zero-order valence-electron chi connectivity index (χ0n) is 18.9. The van der Waals surface area contributed by atoms with E-state index in [-0.39, 0.29) is 11.8 Å². The third-order valence-corrected chi connectivity index (χ3v) is 7.96. The molecule has 2 aliphatic rings. The number of amides is 2. The number of carbonyl (C=O) groups is 2. The molecular formula is C27H21BrN2O3S2. The molecule has 0 atom stereocenters. The van der Waals surface area contributed by atoms with Crippen molar-refractivity contribution in [2.45, 2.75) is 13.0 Å². The Morgan fingerprint density at radius 2 is 1.66 bits per heavy atom. The van der Waals surface area contributed by atoms with Gasteiger partial charge in [0.15, 0.2) is 0 Å². The number of thioether (sulfide) groups is 1. The molecular weight excluding hydrogens is 544 g/mol. The normalized spacial score (nSPS) is 17.4. The lowest BCUT2D eigenvalue weighted by Crippen LogP contribution is -2.31. The van der Waals surface area contributed by atoms with Crippen LogP contribution in [0.1, 0.15) is 16.7 Å². The van der Waals surface area contributed by atoms with Gasteiger partial charge >= 0.3 is 0 Å². The van der Waals surface area contributed by atoms with E-state index in [0.29, 0.717) is 34.3 Å². The molecule has 8 heteroatoms. The Morgan fingerprint density at radius 1 is 0.914 bits per heavy atom. The number of fused-ring (bicyclic) bond motifs is 1. The predicted octanol–water partition coefficient (Wildman–Crippen LogP) is 5.82. The maximum absolute atomic E-state index is 13.7. The van der Waals surface area contributed by atoms with E-state index < -0.39 is 0 Å². The van der Waals surface area contributed by atoms with Gasteiger partial charge in [0.05, 0.1) is 29.8 Å². The van der Waals surface area contributed by atoms with E-state index in [4.69, 9.17) is 17.0 Å². The topological polar surface area (TPSA) is 49.9 Å². The molecule has 5 nitrogen and oxygen atoms in total. The van der Waals surface area contributed by atoms with Gasteiger partial charge in [-0.3, -0.25) is 14.5 Å². The van der Waals surface area contributed by atoms with Gasteiger partial charge in [-0.15, -0.1) is 0 Å². The molecule has 3 aromatic carbocycles. The number of benzene rings is 3. The number of carbonyl (C=O) groups excluding carboxylic acids is 2. The quantitative estimate of drug-likeness (QED) is 0.279. The molecule has 1 saturated heterocycles. The van der Waals surface area contributed by atoms with Crippen molar-refractivity contribution in [1.82, 2.24) is 4.90 Å². The Labute approximate surface area is 221 Å². The van der Waals surface area contributed by atoms with Gasteiger partial charge < -0.3 is 9.64 Å². The standard InChI is InChI=1S/C27H21BrN2O3S2/c1-33-20-10-7-17(8-11-20)13-14-29-26(32)24(35-27(29)34)23-21-15-19(28)9-12-22(21)30(25(23)31)16-18-5-3-2-4-6-18/h2-12,15H,13-14,16H2,1H3/b24-23-. The smallest absolute Gasteiger partial charge is 0.267 e. The molecule has 35 heavy (non-hydrogen) atoms. The molecule has 0 aromatic heterocycles. The van der Waals surface area contributed by atoms with Crippen LogP contribution in [0.5, 0.6) is 5.75 Å². The summed E-state index contributed by atoms with van der Waals surface area (Å²) in [5.41, 5.74) is 4.05. The fraction of sp³-hybridized carbons (Fsp3) is 0.148. The molecule has 0 unspecified atom stereocenters. The highest BCUT2D eigenvalue weighted by atomic mass is 79.9. The number of thiocarbonyl (C=S) groups is 1. The second-order valence-corrected chi connectivity index (χ2v) is 10.7. The first-order chi connectivity index (χ1) is 17.0. The molecule has 0 radical (unpaired) electrons. The number of hydrogen-bond donors (Lipinski definition) is 0. The summed E-state index contributed by atoms with van der Waals surface area (Å²) < 4.78 is 6.53.